The molecule has 0 spiro atoms. The van der Waals surface area contributed by atoms with Gasteiger partial charge in [0.2, 0.25) is 0 Å². The highest BCUT2D eigenvalue weighted by molar-refractivity contribution is 6.06. The third-order valence-electron chi connectivity index (χ3n) is 6.43. The molecule has 7 heteroatoms. The number of carbonyl (C=O) groups excluding carboxylic acids is 2. The van der Waals surface area contributed by atoms with Crippen LogP contribution in [0, 0.1) is 6.92 Å². The summed E-state index contributed by atoms with van der Waals surface area (Å²) in [6.07, 6.45) is 7.05. The van der Waals surface area contributed by atoms with E-state index >= 15 is 0 Å². The molecular weight excluding hydrogens is 378 g/mol. The number of primary amides is 1. The highest BCUT2D eigenvalue weighted by Gasteiger charge is 2.43. The van der Waals surface area contributed by atoms with Gasteiger partial charge >= 0.3 is 0 Å². The first kappa shape index (κ1) is 18.7. The quantitative estimate of drug-likeness (QED) is 0.622. The molecule has 3 aromatic rings. The van der Waals surface area contributed by atoms with Crippen LogP contribution in [0.25, 0.3) is 11.0 Å². The molecule has 0 radical (unpaired) electrons. The number of nitrogens with zero attached hydrogens (tertiary/aromatic N) is 2. The number of benzene rings is 1. The molecule has 2 aromatic heterocycles. The topological polar surface area (TPSA) is 104 Å². The predicted molar refractivity (Wildman–Crippen MR) is 115 cm³/mol. The van der Waals surface area contributed by atoms with Crippen molar-refractivity contribution in [2.75, 3.05) is 5.32 Å². The summed E-state index contributed by atoms with van der Waals surface area (Å²) in [7, 11) is 0. The van der Waals surface area contributed by atoms with Crippen LogP contribution < -0.4 is 11.1 Å². The third-order valence-corrected chi connectivity index (χ3v) is 6.43. The Morgan fingerprint density at radius 3 is 2.67 bits per heavy atom. The minimum absolute atomic E-state index is 0.124. The molecule has 2 aliphatic rings. The number of carbonyl (C=O) groups is 2. The molecular formula is C23H25N5O2. The van der Waals surface area contributed by atoms with Crippen LogP contribution in [0.4, 0.5) is 5.69 Å². The number of hydrogen-bond acceptors (Lipinski definition) is 4. The number of anilines is 1. The number of H-pyrrole nitrogens is 1. The second kappa shape index (κ2) is 7.16. The Kier molecular flexibility index (Phi) is 4.46. The number of rotatable bonds is 4. The normalized spacial score (nSPS) is 23.0. The molecule has 154 valence electrons. The van der Waals surface area contributed by atoms with Gasteiger partial charge in [0, 0.05) is 41.5 Å². The number of aryl methyl sites for hydroxylation is 1. The van der Waals surface area contributed by atoms with E-state index in [0.717, 1.165) is 53.5 Å². The summed E-state index contributed by atoms with van der Waals surface area (Å²) in [6.45, 7) is 2.01. The van der Waals surface area contributed by atoms with Crippen molar-refractivity contribution in [1.29, 1.82) is 0 Å². The predicted octanol–water partition coefficient (Wildman–Crippen LogP) is 3.22. The fourth-order valence-corrected chi connectivity index (χ4v) is 5.11. The molecule has 7 nitrogen and oxygen atoms in total. The van der Waals surface area contributed by atoms with E-state index in [4.69, 9.17) is 5.73 Å². The summed E-state index contributed by atoms with van der Waals surface area (Å²) >= 11 is 0. The fourth-order valence-electron chi connectivity index (χ4n) is 5.11. The van der Waals surface area contributed by atoms with Crippen molar-refractivity contribution in [3.8, 4) is 0 Å². The van der Waals surface area contributed by atoms with Crippen LogP contribution in [0.2, 0.25) is 0 Å². The smallest absolute Gasteiger partial charge is 0.254 e. The van der Waals surface area contributed by atoms with Gasteiger partial charge in [-0.05, 0) is 50.8 Å². The van der Waals surface area contributed by atoms with Gasteiger partial charge in [0.15, 0.2) is 0 Å². The van der Waals surface area contributed by atoms with Gasteiger partial charge in [-0.25, -0.2) is 4.98 Å². The number of amides is 2. The van der Waals surface area contributed by atoms with Crippen LogP contribution in [0.3, 0.4) is 0 Å². The molecule has 3 atom stereocenters. The highest BCUT2D eigenvalue weighted by Crippen LogP contribution is 2.39. The van der Waals surface area contributed by atoms with Gasteiger partial charge in [-0.15, -0.1) is 0 Å². The zero-order valence-corrected chi connectivity index (χ0v) is 16.9. The first-order valence-electron chi connectivity index (χ1n) is 10.4. The second-order valence-electron chi connectivity index (χ2n) is 8.43. The van der Waals surface area contributed by atoms with E-state index in [1.165, 1.54) is 6.20 Å². The maximum atomic E-state index is 13.2. The molecule has 0 aliphatic carbocycles. The van der Waals surface area contributed by atoms with Crippen LogP contribution in [0.5, 0.6) is 0 Å². The Balaban J connectivity index is 1.39. The lowest BCUT2D eigenvalue weighted by atomic mass is 9.95. The molecule has 2 aliphatic heterocycles. The standard InChI is InChI=1S/C23H25N5O2/c1-13-3-2-4-14(9-13)23(30)28-16-5-6-17(28)11-15(10-16)27-20-18-7-8-25-22(18)26-12-19(20)21(24)29/h2-4,7-9,12,15-17H,5-6,10-11H2,1H3,(H2,24,29)(H2,25,26,27)/t15-,16-,17+. The minimum atomic E-state index is -0.497. The van der Waals surface area contributed by atoms with Crippen molar-refractivity contribution >= 4 is 28.5 Å². The van der Waals surface area contributed by atoms with E-state index in [9.17, 15) is 9.59 Å². The SMILES string of the molecule is Cc1cccc(C(=O)N2[C@@H]3CC[C@H]2C[C@H](Nc2c(C(N)=O)cnc4[nH]ccc24)C3)c1. The van der Waals surface area contributed by atoms with Crippen molar-refractivity contribution in [3.63, 3.8) is 0 Å². The summed E-state index contributed by atoms with van der Waals surface area (Å²) in [5, 5.41) is 4.43. The Bertz CT molecular complexity index is 1120. The molecule has 4 N–H and O–H groups in total. The second-order valence-corrected chi connectivity index (χ2v) is 8.43. The van der Waals surface area contributed by atoms with E-state index < -0.39 is 5.91 Å². The van der Waals surface area contributed by atoms with Crippen molar-refractivity contribution in [2.45, 2.75) is 50.7 Å². The summed E-state index contributed by atoms with van der Waals surface area (Å²) < 4.78 is 0. The molecule has 30 heavy (non-hydrogen) atoms. The van der Waals surface area contributed by atoms with Crippen LogP contribution in [0.15, 0.2) is 42.7 Å². The number of nitrogens with two attached hydrogens (primary N) is 1. The van der Waals surface area contributed by atoms with Crippen LogP contribution in [-0.4, -0.2) is 44.8 Å². The van der Waals surface area contributed by atoms with E-state index in [2.05, 4.69) is 20.2 Å². The molecule has 2 fully saturated rings. The van der Waals surface area contributed by atoms with Gasteiger partial charge in [0.25, 0.3) is 11.8 Å². The van der Waals surface area contributed by atoms with Gasteiger partial charge in [0.05, 0.1) is 11.3 Å². The van der Waals surface area contributed by atoms with Crippen LogP contribution in [-0.2, 0) is 0 Å². The number of aromatic nitrogens is 2. The number of fused-ring (bicyclic) bond motifs is 3. The zero-order valence-electron chi connectivity index (χ0n) is 16.9. The molecule has 2 amide bonds. The highest BCUT2D eigenvalue weighted by atomic mass is 16.2. The van der Waals surface area contributed by atoms with Crippen LogP contribution in [0.1, 0.15) is 52.0 Å². The molecule has 5 rings (SSSR count). The summed E-state index contributed by atoms with van der Waals surface area (Å²) in [5.41, 5.74) is 9.31. The number of hydrogen-bond donors (Lipinski definition) is 3. The first-order chi connectivity index (χ1) is 14.5. The molecule has 1 aromatic carbocycles. The van der Waals surface area contributed by atoms with E-state index in [-0.39, 0.29) is 24.0 Å². The van der Waals surface area contributed by atoms with Crippen molar-refractivity contribution < 1.29 is 9.59 Å². The van der Waals surface area contributed by atoms with Gasteiger partial charge < -0.3 is 20.9 Å². The largest absolute Gasteiger partial charge is 0.381 e. The monoisotopic (exact) mass is 403 g/mol. The fraction of sp³-hybridized carbons (Fsp3) is 0.348. The van der Waals surface area contributed by atoms with E-state index in [0.29, 0.717) is 5.56 Å². The lowest BCUT2D eigenvalue weighted by Crippen LogP contribution is -2.49. The lowest BCUT2D eigenvalue weighted by molar-refractivity contribution is 0.0583. The van der Waals surface area contributed by atoms with E-state index in [1.807, 2.05) is 37.3 Å². The average Bonchev–Trinajstić information content (AvgIpc) is 3.30. The Morgan fingerprint density at radius 1 is 1.20 bits per heavy atom. The first-order valence-corrected chi connectivity index (χ1v) is 10.4. The maximum Gasteiger partial charge on any atom is 0.254 e. The van der Waals surface area contributed by atoms with Gasteiger partial charge in [-0.1, -0.05) is 17.7 Å². The summed E-state index contributed by atoms with van der Waals surface area (Å²) in [5.74, 6) is -0.373. The lowest BCUT2D eigenvalue weighted by Gasteiger charge is -2.40. The molecule has 2 saturated heterocycles. The summed E-state index contributed by atoms with van der Waals surface area (Å²) in [4.78, 5) is 34.6. The minimum Gasteiger partial charge on any atom is -0.381 e. The maximum absolute atomic E-state index is 13.2. The number of aromatic amines is 1. The molecule has 2 bridgehead atoms. The third kappa shape index (κ3) is 3.10. The van der Waals surface area contributed by atoms with Gasteiger partial charge in [-0.2, -0.15) is 0 Å². The van der Waals surface area contributed by atoms with Crippen molar-refractivity contribution in [3.05, 3.63) is 59.4 Å². The molecule has 0 saturated carbocycles. The summed E-state index contributed by atoms with van der Waals surface area (Å²) in [6, 6.07) is 10.3. The molecule has 4 heterocycles. The molecule has 0 unspecified atom stereocenters. The number of pyridine rings is 1. The number of piperidine rings is 1. The van der Waals surface area contributed by atoms with Gasteiger partial charge in [0.1, 0.15) is 5.65 Å². The van der Waals surface area contributed by atoms with Crippen molar-refractivity contribution in [1.82, 2.24) is 14.9 Å². The average molecular weight is 403 g/mol. The van der Waals surface area contributed by atoms with Crippen LogP contribution >= 0.6 is 0 Å². The van der Waals surface area contributed by atoms with Gasteiger partial charge in [-0.3, -0.25) is 9.59 Å². The number of nitrogens with one attached hydrogen (secondary N) is 2. The Labute approximate surface area is 174 Å². The zero-order chi connectivity index (χ0) is 20.8. The van der Waals surface area contributed by atoms with Crippen molar-refractivity contribution in [2.24, 2.45) is 5.73 Å². The van der Waals surface area contributed by atoms with E-state index in [1.54, 1.807) is 6.20 Å². The Morgan fingerprint density at radius 2 is 1.97 bits per heavy atom. The Hall–Kier alpha value is -3.35.